The number of imidazole rings is 1. The van der Waals surface area contributed by atoms with Crippen LogP contribution < -0.4 is 5.32 Å². The molecule has 0 spiro atoms. The van der Waals surface area contributed by atoms with Gasteiger partial charge in [0.2, 0.25) is 5.91 Å². The third-order valence-corrected chi connectivity index (χ3v) is 4.32. The average Bonchev–Trinajstić information content (AvgIpc) is 3.02. The number of thiazole rings is 1. The van der Waals surface area contributed by atoms with Crippen molar-refractivity contribution in [3.63, 3.8) is 0 Å². The van der Waals surface area contributed by atoms with Gasteiger partial charge in [0.15, 0.2) is 4.96 Å². The fourth-order valence-corrected chi connectivity index (χ4v) is 2.89. The second-order valence-corrected chi connectivity index (χ2v) is 6.21. The topological polar surface area (TPSA) is 46.4 Å². The molecule has 2 heterocycles. The lowest BCUT2D eigenvalue weighted by molar-refractivity contribution is -0.118. The first-order valence-corrected chi connectivity index (χ1v) is 7.77. The maximum absolute atomic E-state index is 11.7. The maximum Gasteiger partial charge on any atom is 0.226 e. The first-order valence-electron chi connectivity index (χ1n) is 6.89. The Balaban J connectivity index is 1.84. The Morgan fingerprint density at radius 3 is 2.62 bits per heavy atom. The number of rotatable bonds is 3. The Morgan fingerprint density at radius 1 is 1.29 bits per heavy atom. The average molecular weight is 299 g/mol. The van der Waals surface area contributed by atoms with E-state index in [-0.39, 0.29) is 11.8 Å². The van der Waals surface area contributed by atoms with Crippen molar-refractivity contribution in [2.24, 2.45) is 5.92 Å². The fraction of sp³-hybridized carbons (Fsp3) is 0.250. The van der Waals surface area contributed by atoms with E-state index in [9.17, 15) is 4.79 Å². The number of amides is 1. The van der Waals surface area contributed by atoms with Gasteiger partial charge in [-0.3, -0.25) is 9.20 Å². The fourth-order valence-electron chi connectivity index (χ4n) is 2.04. The quantitative estimate of drug-likeness (QED) is 0.795. The number of anilines is 1. The molecular weight excluding hydrogens is 282 g/mol. The number of nitrogens with one attached hydrogen (secondary N) is 1. The number of benzene rings is 1. The van der Waals surface area contributed by atoms with Gasteiger partial charge in [-0.2, -0.15) is 0 Å². The van der Waals surface area contributed by atoms with Crippen molar-refractivity contribution in [3.8, 4) is 11.3 Å². The SMILES string of the molecule is Cc1csc2nc(-c3ccc(NC(=O)C(C)C)cc3)cn12. The minimum absolute atomic E-state index is 0.0208. The molecule has 0 radical (unpaired) electrons. The Bertz CT molecular complexity index is 784. The highest BCUT2D eigenvalue weighted by molar-refractivity contribution is 7.15. The van der Waals surface area contributed by atoms with Gasteiger partial charge in [-0.05, 0) is 19.1 Å². The normalized spacial score (nSPS) is 11.2. The van der Waals surface area contributed by atoms with Crippen LogP contribution in [-0.4, -0.2) is 15.3 Å². The predicted octanol–water partition coefficient (Wildman–Crippen LogP) is 3.97. The molecule has 1 aromatic carbocycles. The van der Waals surface area contributed by atoms with Crippen LogP contribution in [0.5, 0.6) is 0 Å². The van der Waals surface area contributed by atoms with Gasteiger partial charge in [-0.1, -0.05) is 26.0 Å². The summed E-state index contributed by atoms with van der Waals surface area (Å²) in [6.07, 6.45) is 2.04. The first-order chi connectivity index (χ1) is 10.0. The van der Waals surface area contributed by atoms with Gasteiger partial charge in [0.1, 0.15) is 0 Å². The van der Waals surface area contributed by atoms with Crippen LogP contribution >= 0.6 is 11.3 Å². The van der Waals surface area contributed by atoms with E-state index < -0.39 is 0 Å². The molecule has 0 aliphatic heterocycles. The second-order valence-electron chi connectivity index (χ2n) is 5.38. The molecule has 0 saturated heterocycles. The van der Waals surface area contributed by atoms with Gasteiger partial charge >= 0.3 is 0 Å². The molecule has 2 aromatic heterocycles. The van der Waals surface area contributed by atoms with Crippen LogP contribution in [0.15, 0.2) is 35.8 Å². The van der Waals surface area contributed by atoms with E-state index in [1.165, 1.54) is 5.69 Å². The molecule has 0 bridgehead atoms. The summed E-state index contributed by atoms with van der Waals surface area (Å²) in [5, 5.41) is 4.98. The molecule has 0 saturated carbocycles. The van der Waals surface area contributed by atoms with E-state index in [1.807, 2.05) is 44.3 Å². The lowest BCUT2D eigenvalue weighted by Gasteiger charge is -2.07. The summed E-state index contributed by atoms with van der Waals surface area (Å²) in [6, 6.07) is 7.79. The summed E-state index contributed by atoms with van der Waals surface area (Å²) < 4.78 is 2.09. The van der Waals surface area contributed by atoms with Crippen LogP contribution in [0, 0.1) is 12.8 Å². The lowest BCUT2D eigenvalue weighted by atomic mass is 10.1. The van der Waals surface area contributed by atoms with Crippen molar-refractivity contribution >= 4 is 27.9 Å². The van der Waals surface area contributed by atoms with Crippen molar-refractivity contribution in [2.75, 3.05) is 5.32 Å². The van der Waals surface area contributed by atoms with Crippen LogP contribution in [0.25, 0.3) is 16.2 Å². The van der Waals surface area contributed by atoms with Crippen LogP contribution in [0.3, 0.4) is 0 Å². The molecule has 108 valence electrons. The summed E-state index contributed by atoms with van der Waals surface area (Å²) in [7, 11) is 0. The highest BCUT2D eigenvalue weighted by Gasteiger charge is 2.09. The molecule has 0 atom stereocenters. The number of hydrogen-bond donors (Lipinski definition) is 1. The van der Waals surface area contributed by atoms with Crippen LogP contribution in [0.2, 0.25) is 0 Å². The standard InChI is InChI=1S/C16H17N3OS/c1-10(2)15(20)17-13-6-4-12(5-7-13)14-8-19-11(3)9-21-16(19)18-14/h4-10H,1-3H3,(H,17,20). The number of aromatic nitrogens is 2. The molecule has 3 aromatic rings. The van der Waals surface area contributed by atoms with E-state index in [1.54, 1.807) is 11.3 Å². The van der Waals surface area contributed by atoms with Crippen molar-refractivity contribution in [1.29, 1.82) is 0 Å². The van der Waals surface area contributed by atoms with E-state index in [0.717, 1.165) is 21.9 Å². The Hall–Kier alpha value is -2.14. The summed E-state index contributed by atoms with van der Waals surface area (Å²) in [5.41, 5.74) is 4.00. The summed E-state index contributed by atoms with van der Waals surface area (Å²) in [5.74, 6) is 0.00783. The summed E-state index contributed by atoms with van der Waals surface area (Å²) >= 11 is 1.64. The summed E-state index contributed by atoms with van der Waals surface area (Å²) in [4.78, 5) is 17.3. The predicted molar refractivity (Wildman–Crippen MR) is 86.7 cm³/mol. The molecule has 0 aliphatic carbocycles. The molecule has 1 amide bonds. The highest BCUT2D eigenvalue weighted by Crippen LogP contribution is 2.24. The highest BCUT2D eigenvalue weighted by atomic mass is 32.1. The number of fused-ring (bicyclic) bond motifs is 1. The largest absolute Gasteiger partial charge is 0.326 e. The molecule has 5 heteroatoms. The zero-order chi connectivity index (χ0) is 15.0. The molecule has 4 nitrogen and oxygen atoms in total. The lowest BCUT2D eigenvalue weighted by Crippen LogP contribution is -2.17. The van der Waals surface area contributed by atoms with Gasteiger partial charge < -0.3 is 5.32 Å². The van der Waals surface area contributed by atoms with E-state index in [2.05, 4.69) is 27.0 Å². The number of nitrogens with zero attached hydrogens (tertiary/aromatic N) is 2. The minimum Gasteiger partial charge on any atom is -0.326 e. The van der Waals surface area contributed by atoms with Crippen molar-refractivity contribution in [1.82, 2.24) is 9.38 Å². The van der Waals surface area contributed by atoms with Crippen molar-refractivity contribution < 1.29 is 4.79 Å². The minimum atomic E-state index is -0.0208. The Labute approximate surface area is 127 Å². The molecule has 0 unspecified atom stereocenters. The monoisotopic (exact) mass is 299 g/mol. The molecular formula is C16H17N3OS. The van der Waals surface area contributed by atoms with Gasteiger partial charge in [0.25, 0.3) is 0 Å². The maximum atomic E-state index is 11.7. The molecule has 0 fully saturated rings. The van der Waals surface area contributed by atoms with Crippen molar-refractivity contribution in [3.05, 3.63) is 41.5 Å². The third kappa shape index (κ3) is 2.69. The van der Waals surface area contributed by atoms with Crippen LogP contribution in [-0.2, 0) is 4.79 Å². The van der Waals surface area contributed by atoms with Crippen LogP contribution in [0.1, 0.15) is 19.5 Å². The smallest absolute Gasteiger partial charge is 0.226 e. The first kappa shape index (κ1) is 13.8. The number of aryl methyl sites for hydroxylation is 1. The molecule has 0 aliphatic rings. The Morgan fingerprint density at radius 2 is 2.00 bits per heavy atom. The molecule has 21 heavy (non-hydrogen) atoms. The zero-order valence-corrected chi connectivity index (χ0v) is 13.1. The Kier molecular flexibility index (Phi) is 3.51. The second kappa shape index (κ2) is 5.33. The van der Waals surface area contributed by atoms with Crippen LogP contribution in [0.4, 0.5) is 5.69 Å². The number of hydrogen-bond acceptors (Lipinski definition) is 3. The van der Waals surface area contributed by atoms with Gasteiger partial charge in [0, 0.05) is 34.4 Å². The molecule has 3 rings (SSSR count). The van der Waals surface area contributed by atoms with E-state index in [0.29, 0.717) is 0 Å². The molecule has 1 N–H and O–H groups in total. The van der Waals surface area contributed by atoms with E-state index >= 15 is 0 Å². The summed E-state index contributed by atoms with van der Waals surface area (Å²) in [6.45, 7) is 5.83. The van der Waals surface area contributed by atoms with Gasteiger partial charge in [-0.25, -0.2) is 4.98 Å². The number of carbonyl (C=O) groups excluding carboxylic acids is 1. The van der Waals surface area contributed by atoms with Gasteiger partial charge in [-0.15, -0.1) is 11.3 Å². The van der Waals surface area contributed by atoms with E-state index in [4.69, 9.17) is 0 Å². The number of carbonyl (C=O) groups is 1. The van der Waals surface area contributed by atoms with Gasteiger partial charge in [0.05, 0.1) is 5.69 Å². The van der Waals surface area contributed by atoms with Crippen molar-refractivity contribution in [2.45, 2.75) is 20.8 Å². The third-order valence-electron chi connectivity index (χ3n) is 3.36. The zero-order valence-electron chi connectivity index (χ0n) is 12.3.